The molecule has 0 aliphatic heterocycles. The fourth-order valence-corrected chi connectivity index (χ4v) is 2.33. The first-order chi connectivity index (χ1) is 9.04. The van der Waals surface area contributed by atoms with E-state index in [2.05, 4.69) is 4.98 Å². The summed E-state index contributed by atoms with van der Waals surface area (Å²) < 4.78 is 15.3. The number of rotatable bonds is 1. The third kappa shape index (κ3) is 1.95. The highest BCUT2D eigenvalue weighted by Crippen LogP contribution is 2.24. The molecule has 0 radical (unpaired) electrons. The van der Waals surface area contributed by atoms with Crippen molar-refractivity contribution in [1.82, 2.24) is 9.55 Å². The van der Waals surface area contributed by atoms with Crippen LogP contribution in [-0.4, -0.2) is 9.55 Å². The molecule has 1 heterocycles. The molecule has 0 aliphatic rings. The van der Waals surface area contributed by atoms with Gasteiger partial charge in [0.2, 0.25) is 5.95 Å². The van der Waals surface area contributed by atoms with Crippen molar-refractivity contribution < 1.29 is 4.39 Å². The molecule has 0 atom stereocenters. The van der Waals surface area contributed by atoms with Crippen LogP contribution in [0.4, 0.5) is 10.3 Å². The molecule has 0 spiro atoms. The van der Waals surface area contributed by atoms with E-state index in [0.29, 0.717) is 11.6 Å². The van der Waals surface area contributed by atoms with Crippen LogP contribution in [-0.2, 0) is 0 Å². The maximum atomic E-state index is 13.5. The van der Waals surface area contributed by atoms with Crippen LogP contribution in [0, 0.1) is 19.7 Å². The molecular weight excluding hydrogens is 241 g/mol. The highest BCUT2D eigenvalue weighted by molar-refractivity contribution is 5.81. The Bertz CT molecular complexity index is 754. The molecule has 3 aromatic rings. The van der Waals surface area contributed by atoms with E-state index < -0.39 is 0 Å². The Labute approximate surface area is 110 Å². The Hall–Kier alpha value is -2.36. The van der Waals surface area contributed by atoms with Crippen molar-refractivity contribution in [2.75, 3.05) is 5.73 Å². The zero-order chi connectivity index (χ0) is 13.6. The minimum Gasteiger partial charge on any atom is -0.369 e. The summed E-state index contributed by atoms with van der Waals surface area (Å²) in [6, 6.07) is 10.8. The minimum atomic E-state index is -0.275. The highest BCUT2D eigenvalue weighted by atomic mass is 19.1. The number of hydrogen-bond donors (Lipinski definition) is 1. The van der Waals surface area contributed by atoms with E-state index >= 15 is 0 Å². The van der Waals surface area contributed by atoms with Gasteiger partial charge in [-0.3, -0.25) is 4.57 Å². The van der Waals surface area contributed by atoms with Gasteiger partial charge in [0.1, 0.15) is 5.82 Å². The molecule has 0 fully saturated rings. The van der Waals surface area contributed by atoms with Gasteiger partial charge in [0.25, 0.3) is 0 Å². The predicted molar refractivity (Wildman–Crippen MR) is 74.9 cm³/mol. The van der Waals surface area contributed by atoms with Gasteiger partial charge in [-0.05, 0) is 55.3 Å². The van der Waals surface area contributed by atoms with E-state index in [1.165, 1.54) is 12.1 Å². The van der Waals surface area contributed by atoms with Crippen molar-refractivity contribution in [1.29, 1.82) is 0 Å². The Morgan fingerprint density at radius 2 is 1.84 bits per heavy atom. The number of aryl methyl sites for hydroxylation is 2. The van der Waals surface area contributed by atoms with E-state index in [4.69, 9.17) is 5.73 Å². The smallest absolute Gasteiger partial charge is 0.205 e. The van der Waals surface area contributed by atoms with Crippen LogP contribution in [0.3, 0.4) is 0 Å². The molecule has 19 heavy (non-hydrogen) atoms. The van der Waals surface area contributed by atoms with Gasteiger partial charge in [0.15, 0.2) is 0 Å². The molecule has 3 nitrogen and oxygen atoms in total. The topological polar surface area (TPSA) is 43.8 Å². The standard InChI is InChI=1S/C15H14FN3/c1-9-3-4-14-13(7-9)18-15(17)19(14)12-6-10(2)5-11(16)8-12/h3-8H,1-2H3,(H2,17,18). The third-order valence-electron chi connectivity index (χ3n) is 3.12. The number of nitrogen functional groups attached to an aromatic ring is 1. The summed E-state index contributed by atoms with van der Waals surface area (Å²) in [7, 11) is 0. The van der Waals surface area contributed by atoms with Gasteiger partial charge < -0.3 is 5.73 Å². The zero-order valence-electron chi connectivity index (χ0n) is 10.8. The molecule has 96 valence electrons. The van der Waals surface area contributed by atoms with Gasteiger partial charge in [0, 0.05) is 0 Å². The summed E-state index contributed by atoms with van der Waals surface area (Å²) in [4.78, 5) is 4.33. The van der Waals surface area contributed by atoms with Crippen molar-refractivity contribution in [2.24, 2.45) is 0 Å². The van der Waals surface area contributed by atoms with Gasteiger partial charge in [-0.15, -0.1) is 0 Å². The molecule has 1 aromatic heterocycles. The number of aromatic nitrogens is 2. The van der Waals surface area contributed by atoms with Crippen LogP contribution in [0.5, 0.6) is 0 Å². The number of nitrogens with zero attached hydrogens (tertiary/aromatic N) is 2. The number of hydrogen-bond acceptors (Lipinski definition) is 2. The second-order valence-corrected chi connectivity index (χ2v) is 4.78. The predicted octanol–water partition coefficient (Wildman–Crippen LogP) is 3.36. The third-order valence-corrected chi connectivity index (χ3v) is 3.12. The number of nitrogens with two attached hydrogens (primary N) is 1. The normalized spacial score (nSPS) is 11.1. The number of imidazole rings is 1. The van der Waals surface area contributed by atoms with E-state index in [1.807, 2.05) is 38.1 Å². The molecule has 2 N–H and O–H groups in total. The van der Waals surface area contributed by atoms with Gasteiger partial charge in [-0.1, -0.05) is 6.07 Å². The quantitative estimate of drug-likeness (QED) is 0.724. The largest absolute Gasteiger partial charge is 0.369 e. The number of anilines is 1. The van der Waals surface area contributed by atoms with E-state index in [9.17, 15) is 4.39 Å². The summed E-state index contributed by atoms with van der Waals surface area (Å²) >= 11 is 0. The molecule has 2 aromatic carbocycles. The average Bonchev–Trinajstić information content (AvgIpc) is 2.62. The lowest BCUT2D eigenvalue weighted by Crippen LogP contribution is -2.01. The first-order valence-corrected chi connectivity index (χ1v) is 6.07. The molecule has 0 amide bonds. The summed E-state index contributed by atoms with van der Waals surface area (Å²) in [6.45, 7) is 3.85. The van der Waals surface area contributed by atoms with Crippen LogP contribution < -0.4 is 5.73 Å². The molecule has 0 saturated heterocycles. The highest BCUT2D eigenvalue weighted by Gasteiger charge is 2.11. The SMILES string of the molecule is Cc1cc(F)cc(-n2c(N)nc3cc(C)ccc32)c1. The number of halogens is 1. The molecule has 0 aliphatic carbocycles. The Kier molecular flexibility index (Phi) is 2.52. The lowest BCUT2D eigenvalue weighted by Gasteiger charge is -2.08. The maximum Gasteiger partial charge on any atom is 0.205 e. The van der Waals surface area contributed by atoms with Gasteiger partial charge >= 0.3 is 0 Å². The molecule has 4 heteroatoms. The second-order valence-electron chi connectivity index (χ2n) is 4.78. The molecule has 0 saturated carbocycles. The van der Waals surface area contributed by atoms with Crippen LogP contribution >= 0.6 is 0 Å². The molecular formula is C15H14FN3. The summed E-state index contributed by atoms with van der Waals surface area (Å²) in [6.07, 6.45) is 0. The van der Waals surface area contributed by atoms with E-state index in [-0.39, 0.29) is 5.82 Å². The number of benzene rings is 2. The van der Waals surface area contributed by atoms with Crippen LogP contribution in [0.1, 0.15) is 11.1 Å². The monoisotopic (exact) mass is 255 g/mol. The summed E-state index contributed by atoms with van der Waals surface area (Å²) in [5, 5.41) is 0. The van der Waals surface area contributed by atoms with Crippen LogP contribution in [0.25, 0.3) is 16.7 Å². The van der Waals surface area contributed by atoms with Crippen molar-refractivity contribution >= 4 is 17.0 Å². The van der Waals surface area contributed by atoms with E-state index in [0.717, 1.165) is 22.2 Å². The first kappa shape index (κ1) is 11.7. The van der Waals surface area contributed by atoms with Gasteiger partial charge in [-0.25, -0.2) is 9.37 Å². The van der Waals surface area contributed by atoms with Crippen LogP contribution in [0.2, 0.25) is 0 Å². The minimum absolute atomic E-state index is 0.275. The van der Waals surface area contributed by atoms with Crippen molar-refractivity contribution in [3.05, 3.63) is 53.3 Å². The Morgan fingerprint density at radius 3 is 2.58 bits per heavy atom. The van der Waals surface area contributed by atoms with Crippen molar-refractivity contribution in [3.63, 3.8) is 0 Å². The summed E-state index contributed by atoms with van der Waals surface area (Å²) in [5.41, 5.74) is 10.3. The molecule has 0 bridgehead atoms. The lowest BCUT2D eigenvalue weighted by atomic mass is 10.2. The zero-order valence-corrected chi connectivity index (χ0v) is 10.8. The van der Waals surface area contributed by atoms with Gasteiger partial charge in [0.05, 0.1) is 16.7 Å². The van der Waals surface area contributed by atoms with Crippen molar-refractivity contribution in [2.45, 2.75) is 13.8 Å². The fraction of sp³-hybridized carbons (Fsp3) is 0.133. The fourth-order valence-electron chi connectivity index (χ4n) is 2.33. The van der Waals surface area contributed by atoms with E-state index in [1.54, 1.807) is 4.57 Å². The van der Waals surface area contributed by atoms with Crippen LogP contribution in [0.15, 0.2) is 36.4 Å². The molecule has 0 unspecified atom stereocenters. The Balaban J connectivity index is 2.32. The number of fused-ring (bicyclic) bond motifs is 1. The second kappa shape index (κ2) is 4.09. The van der Waals surface area contributed by atoms with Crippen molar-refractivity contribution in [3.8, 4) is 5.69 Å². The summed E-state index contributed by atoms with van der Waals surface area (Å²) in [5.74, 6) is 0.0916. The first-order valence-electron chi connectivity index (χ1n) is 6.07. The molecule has 3 rings (SSSR count). The average molecular weight is 255 g/mol. The lowest BCUT2D eigenvalue weighted by molar-refractivity contribution is 0.625. The maximum absolute atomic E-state index is 13.5. The van der Waals surface area contributed by atoms with Gasteiger partial charge in [-0.2, -0.15) is 0 Å². The Morgan fingerprint density at radius 1 is 1.05 bits per heavy atom.